The molecule has 39 heavy (non-hydrogen) atoms. The highest BCUT2D eigenvalue weighted by Crippen LogP contribution is 2.33. The van der Waals surface area contributed by atoms with Crippen LogP contribution in [0.15, 0.2) is 73.3 Å². The zero-order chi connectivity index (χ0) is 27.9. The van der Waals surface area contributed by atoms with Gasteiger partial charge in [0.2, 0.25) is 11.9 Å². The number of rotatable bonds is 11. The third-order valence-corrected chi connectivity index (χ3v) is 6.23. The summed E-state index contributed by atoms with van der Waals surface area (Å²) in [4.78, 5) is 25.5. The number of fused-ring (bicyclic) bond motifs is 1. The van der Waals surface area contributed by atoms with E-state index in [9.17, 15) is 4.79 Å². The molecule has 10 heteroatoms. The summed E-state index contributed by atoms with van der Waals surface area (Å²) >= 11 is 6.30. The van der Waals surface area contributed by atoms with Gasteiger partial charge in [0.1, 0.15) is 11.6 Å². The van der Waals surface area contributed by atoms with Gasteiger partial charge in [-0.05, 0) is 68.7 Å². The lowest BCUT2D eigenvalue weighted by Gasteiger charge is -2.23. The molecular weight excluding hydrogens is 514 g/mol. The van der Waals surface area contributed by atoms with E-state index in [4.69, 9.17) is 26.3 Å². The van der Waals surface area contributed by atoms with E-state index in [-0.39, 0.29) is 5.91 Å². The molecule has 0 bridgehead atoms. The molecule has 0 fully saturated rings. The maximum absolute atomic E-state index is 11.7. The highest BCUT2D eigenvalue weighted by Gasteiger charge is 2.13. The maximum Gasteiger partial charge on any atom is 0.247 e. The zero-order valence-corrected chi connectivity index (χ0v) is 23.2. The fourth-order valence-corrected chi connectivity index (χ4v) is 4.05. The number of methoxy groups -OCH3 is 1. The highest BCUT2D eigenvalue weighted by atomic mass is 35.5. The van der Waals surface area contributed by atoms with Crippen LogP contribution in [-0.2, 0) is 4.79 Å². The average Bonchev–Trinajstić information content (AvgIpc) is 2.92. The van der Waals surface area contributed by atoms with Crippen LogP contribution in [0.4, 0.5) is 34.5 Å². The van der Waals surface area contributed by atoms with Crippen LogP contribution < -0.4 is 25.6 Å². The van der Waals surface area contributed by atoms with Gasteiger partial charge >= 0.3 is 0 Å². The van der Waals surface area contributed by atoms with E-state index >= 15 is 0 Å². The smallest absolute Gasteiger partial charge is 0.247 e. The van der Waals surface area contributed by atoms with Gasteiger partial charge in [-0.3, -0.25) is 4.79 Å². The monoisotopic (exact) mass is 545 g/mol. The number of benzene rings is 3. The Morgan fingerprint density at radius 3 is 2.54 bits per heavy atom. The number of ether oxygens (including phenoxy) is 1. The molecule has 0 saturated carbocycles. The van der Waals surface area contributed by atoms with E-state index in [2.05, 4.69) is 53.5 Å². The number of likely N-dealkylation sites (N-methyl/N-ethyl adjacent to an activating group) is 2. The number of amides is 1. The molecule has 0 radical (unpaired) electrons. The lowest BCUT2D eigenvalue weighted by Crippen LogP contribution is -2.28. The van der Waals surface area contributed by atoms with E-state index < -0.39 is 0 Å². The Bertz CT molecular complexity index is 1490. The first-order chi connectivity index (χ1) is 18.7. The minimum atomic E-state index is -0.290. The lowest BCUT2D eigenvalue weighted by atomic mass is 10.2. The van der Waals surface area contributed by atoms with Crippen molar-refractivity contribution in [1.29, 1.82) is 0 Å². The zero-order valence-electron chi connectivity index (χ0n) is 22.5. The minimum Gasteiger partial charge on any atom is -0.494 e. The third kappa shape index (κ3) is 7.16. The largest absolute Gasteiger partial charge is 0.494 e. The van der Waals surface area contributed by atoms with E-state index in [1.165, 1.54) is 6.08 Å². The molecule has 0 atom stereocenters. The fourth-order valence-electron chi connectivity index (χ4n) is 3.88. The maximum atomic E-state index is 11.7. The second-order valence-electron chi connectivity index (χ2n) is 9.19. The molecule has 0 unspecified atom stereocenters. The quantitative estimate of drug-likeness (QED) is 0.200. The van der Waals surface area contributed by atoms with Crippen LogP contribution in [0, 0.1) is 0 Å². The van der Waals surface area contributed by atoms with Crippen molar-refractivity contribution in [2.75, 3.05) is 62.2 Å². The first kappa shape index (κ1) is 27.7. The Hall–Kier alpha value is -4.34. The number of anilines is 6. The molecule has 1 amide bonds. The molecule has 202 valence electrons. The third-order valence-electron chi connectivity index (χ3n) is 5.99. The lowest BCUT2D eigenvalue weighted by molar-refractivity contribution is -0.111. The first-order valence-corrected chi connectivity index (χ1v) is 12.7. The fraction of sp³-hybridized carbons (Fsp3) is 0.207. The van der Waals surface area contributed by atoms with E-state index in [1.54, 1.807) is 19.2 Å². The molecular formula is C29H32ClN7O2. The van der Waals surface area contributed by atoms with Gasteiger partial charge in [0, 0.05) is 53.7 Å². The number of halogens is 1. The van der Waals surface area contributed by atoms with Gasteiger partial charge in [-0.15, -0.1) is 0 Å². The van der Waals surface area contributed by atoms with Crippen molar-refractivity contribution in [1.82, 2.24) is 14.9 Å². The molecule has 4 aromatic rings. The van der Waals surface area contributed by atoms with Gasteiger partial charge in [-0.1, -0.05) is 24.2 Å². The van der Waals surface area contributed by atoms with Gasteiger partial charge in [0.15, 0.2) is 0 Å². The van der Waals surface area contributed by atoms with Crippen LogP contribution in [-0.4, -0.2) is 62.1 Å². The summed E-state index contributed by atoms with van der Waals surface area (Å²) in [6.07, 6.45) is 1.22. The molecule has 9 nitrogen and oxygen atoms in total. The predicted molar refractivity (Wildman–Crippen MR) is 161 cm³/mol. The Morgan fingerprint density at radius 2 is 1.79 bits per heavy atom. The molecule has 0 spiro atoms. The minimum absolute atomic E-state index is 0.290. The summed E-state index contributed by atoms with van der Waals surface area (Å²) in [5.74, 6) is 1.32. The number of aromatic nitrogens is 2. The molecule has 1 aromatic heterocycles. The van der Waals surface area contributed by atoms with Crippen molar-refractivity contribution >= 4 is 62.9 Å². The highest BCUT2D eigenvalue weighted by molar-refractivity contribution is 6.31. The molecule has 0 aliphatic carbocycles. The molecule has 0 aliphatic rings. The molecule has 1 heterocycles. The molecule has 4 rings (SSSR count). The Morgan fingerprint density at radius 1 is 1.00 bits per heavy atom. The van der Waals surface area contributed by atoms with Gasteiger partial charge in [0.25, 0.3) is 0 Å². The Balaban J connectivity index is 1.65. The summed E-state index contributed by atoms with van der Waals surface area (Å²) in [5, 5.41) is 10.7. The summed E-state index contributed by atoms with van der Waals surface area (Å²) in [6, 6.07) is 18.7. The van der Waals surface area contributed by atoms with E-state index in [0.717, 1.165) is 35.5 Å². The van der Waals surface area contributed by atoms with Crippen molar-refractivity contribution in [2.24, 2.45) is 0 Å². The SMILES string of the molecule is C=CC(=O)Nc1cccc(Nc2nc(Nc3ccc(N(C)CCN(C)C)cc3OC)nc3ccc(Cl)cc23)c1. The van der Waals surface area contributed by atoms with Gasteiger partial charge in [0.05, 0.1) is 18.3 Å². The Labute approximate surface area is 233 Å². The van der Waals surface area contributed by atoms with Crippen molar-refractivity contribution in [3.05, 3.63) is 78.3 Å². The van der Waals surface area contributed by atoms with Crippen molar-refractivity contribution in [3.8, 4) is 5.75 Å². The number of hydrogen-bond acceptors (Lipinski definition) is 8. The molecule has 0 saturated heterocycles. The topological polar surface area (TPSA) is 94.6 Å². The molecule has 0 aliphatic heterocycles. The van der Waals surface area contributed by atoms with Crippen LogP contribution in [0.3, 0.4) is 0 Å². The van der Waals surface area contributed by atoms with Crippen LogP contribution in [0.2, 0.25) is 5.02 Å². The average molecular weight is 546 g/mol. The normalized spacial score (nSPS) is 10.8. The van der Waals surface area contributed by atoms with Crippen LogP contribution >= 0.6 is 11.6 Å². The van der Waals surface area contributed by atoms with Gasteiger partial charge in [-0.25, -0.2) is 4.98 Å². The first-order valence-electron chi connectivity index (χ1n) is 12.3. The van der Waals surface area contributed by atoms with Crippen LogP contribution in [0.1, 0.15) is 0 Å². The van der Waals surface area contributed by atoms with Crippen LogP contribution in [0.25, 0.3) is 10.9 Å². The predicted octanol–water partition coefficient (Wildman–Crippen LogP) is 5.90. The second-order valence-corrected chi connectivity index (χ2v) is 9.63. The number of carbonyl (C=O) groups excluding carboxylic acids is 1. The number of nitrogens with one attached hydrogen (secondary N) is 3. The van der Waals surface area contributed by atoms with E-state index in [0.29, 0.717) is 33.7 Å². The standard InChI is InChI=1S/C29H32ClN7O2/c1-6-27(38)31-20-8-7-9-21(17-20)32-28-23-16-19(30)10-12-24(23)33-29(35-28)34-25-13-11-22(18-26(25)39-5)37(4)15-14-36(2)3/h6-13,16-18H,1,14-15H2,2-5H3,(H,31,38)(H2,32,33,34,35). The summed E-state index contributed by atoms with van der Waals surface area (Å²) in [6.45, 7) is 5.32. The van der Waals surface area contributed by atoms with Gasteiger partial charge in [-0.2, -0.15) is 4.98 Å². The second kappa shape index (κ2) is 12.5. The molecule has 3 aromatic carbocycles. The Kier molecular flexibility index (Phi) is 8.85. The van der Waals surface area contributed by atoms with Crippen LogP contribution in [0.5, 0.6) is 5.75 Å². The summed E-state index contributed by atoms with van der Waals surface area (Å²) < 4.78 is 5.69. The number of hydrogen-bond donors (Lipinski definition) is 3. The van der Waals surface area contributed by atoms with Crippen molar-refractivity contribution in [2.45, 2.75) is 0 Å². The van der Waals surface area contributed by atoms with E-state index in [1.807, 2.05) is 48.5 Å². The summed E-state index contributed by atoms with van der Waals surface area (Å²) in [7, 11) is 7.80. The summed E-state index contributed by atoms with van der Waals surface area (Å²) in [5.41, 5.74) is 3.83. The van der Waals surface area contributed by atoms with Crippen molar-refractivity contribution in [3.63, 3.8) is 0 Å². The van der Waals surface area contributed by atoms with Gasteiger partial charge < -0.3 is 30.5 Å². The molecule has 3 N–H and O–H groups in total. The van der Waals surface area contributed by atoms with Crippen molar-refractivity contribution < 1.29 is 9.53 Å². The number of nitrogens with zero attached hydrogens (tertiary/aromatic N) is 4. The number of carbonyl (C=O) groups is 1.